The molecular formula is C19H27N3O. The van der Waals surface area contributed by atoms with Gasteiger partial charge in [0.2, 0.25) is 0 Å². The Morgan fingerprint density at radius 1 is 1.17 bits per heavy atom. The van der Waals surface area contributed by atoms with Crippen molar-refractivity contribution in [2.24, 2.45) is 0 Å². The van der Waals surface area contributed by atoms with Gasteiger partial charge in [0.05, 0.1) is 0 Å². The highest BCUT2D eigenvalue weighted by molar-refractivity contribution is 5.95. The third kappa shape index (κ3) is 2.44. The Morgan fingerprint density at radius 2 is 1.83 bits per heavy atom. The highest BCUT2D eigenvalue weighted by Crippen LogP contribution is 2.40. The predicted molar refractivity (Wildman–Crippen MR) is 92.9 cm³/mol. The molecule has 3 aliphatic heterocycles. The molecule has 0 aromatic heterocycles. The number of benzene rings is 1. The Balaban J connectivity index is 1.49. The largest absolute Gasteiger partial charge is 0.335 e. The molecule has 1 N–H and O–H groups in total. The van der Waals surface area contributed by atoms with Crippen LogP contribution in [0.1, 0.15) is 45.1 Å². The van der Waals surface area contributed by atoms with E-state index in [1.54, 1.807) is 0 Å². The summed E-state index contributed by atoms with van der Waals surface area (Å²) in [5, 5.41) is 3.32. The van der Waals surface area contributed by atoms with E-state index in [-0.39, 0.29) is 11.4 Å². The van der Waals surface area contributed by atoms with Crippen molar-refractivity contribution in [3.05, 3.63) is 29.8 Å². The van der Waals surface area contributed by atoms with E-state index < -0.39 is 0 Å². The van der Waals surface area contributed by atoms with E-state index in [1.807, 2.05) is 11.0 Å². The number of carbonyl (C=O) groups excluding carboxylic acids is 1. The maximum Gasteiger partial charge on any atom is 0.322 e. The van der Waals surface area contributed by atoms with Crippen LogP contribution in [0.2, 0.25) is 0 Å². The molecule has 2 atom stereocenters. The zero-order chi connectivity index (χ0) is 16.2. The molecule has 4 rings (SSSR count). The monoisotopic (exact) mass is 313 g/mol. The molecule has 2 amide bonds. The van der Waals surface area contributed by atoms with Crippen LogP contribution in [0, 0.1) is 0 Å². The van der Waals surface area contributed by atoms with Gasteiger partial charge in [-0.05, 0) is 44.4 Å². The molecule has 3 aliphatic rings. The molecule has 2 bridgehead atoms. The minimum Gasteiger partial charge on any atom is -0.335 e. The lowest BCUT2D eigenvalue weighted by molar-refractivity contribution is 0.150. The SMILES string of the molecule is CN1C2CCC1CC(NC(=O)N1CC(C)(C)c3ccccc31)C2. The van der Waals surface area contributed by atoms with Crippen molar-refractivity contribution >= 4 is 11.7 Å². The number of hydrogen-bond donors (Lipinski definition) is 1. The third-order valence-corrected chi connectivity index (χ3v) is 6.15. The number of rotatable bonds is 1. The van der Waals surface area contributed by atoms with E-state index in [1.165, 1.54) is 18.4 Å². The Labute approximate surface area is 138 Å². The summed E-state index contributed by atoms with van der Waals surface area (Å²) in [6.45, 7) is 5.20. The van der Waals surface area contributed by atoms with E-state index in [9.17, 15) is 4.79 Å². The Bertz CT molecular complexity index is 613. The lowest BCUT2D eigenvalue weighted by Gasteiger charge is -2.37. The second kappa shape index (κ2) is 5.23. The fourth-order valence-electron chi connectivity index (χ4n) is 4.81. The number of amides is 2. The first-order valence-electron chi connectivity index (χ1n) is 8.85. The van der Waals surface area contributed by atoms with Crippen molar-refractivity contribution in [3.63, 3.8) is 0 Å². The van der Waals surface area contributed by atoms with Crippen molar-refractivity contribution in [1.29, 1.82) is 0 Å². The molecule has 2 saturated heterocycles. The van der Waals surface area contributed by atoms with Gasteiger partial charge in [-0.3, -0.25) is 4.90 Å². The number of nitrogens with zero attached hydrogens (tertiary/aromatic N) is 2. The summed E-state index contributed by atoms with van der Waals surface area (Å²) in [4.78, 5) is 17.3. The van der Waals surface area contributed by atoms with Crippen molar-refractivity contribution in [1.82, 2.24) is 10.2 Å². The molecule has 23 heavy (non-hydrogen) atoms. The lowest BCUT2D eigenvalue weighted by atomic mass is 9.87. The van der Waals surface area contributed by atoms with Crippen molar-refractivity contribution in [2.75, 3.05) is 18.5 Å². The van der Waals surface area contributed by atoms with Crippen LogP contribution < -0.4 is 10.2 Å². The van der Waals surface area contributed by atoms with Crippen LogP contribution in [0.5, 0.6) is 0 Å². The average Bonchev–Trinajstić information content (AvgIpc) is 2.89. The van der Waals surface area contributed by atoms with Gasteiger partial charge in [-0.15, -0.1) is 0 Å². The van der Waals surface area contributed by atoms with Gasteiger partial charge in [0.15, 0.2) is 0 Å². The highest BCUT2D eigenvalue weighted by Gasteiger charge is 2.41. The summed E-state index contributed by atoms with van der Waals surface area (Å²) >= 11 is 0. The van der Waals surface area contributed by atoms with Gasteiger partial charge in [-0.1, -0.05) is 32.0 Å². The summed E-state index contributed by atoms with van der Waals surface area (Å²) in [6.07, 6.45) is 4.76. The maximum atomic E-state index is 12.9. The molecular weight excluding hydrogens is 286 g/mol. The van der Waals surface area contributed by atoms with Crippen molar-refractivity contribution < 1.29 is 4.79 Å². The van der Waals surface area contributed by atoms with Crippen LogP contribution >= 0.6 is 0 Å². The first-order valence-corrected chi connectivity index (χ1v) is 8.85. The van der Waals surface area contributed by atoms with Gasteiger partial charge in [0, 0.05) is 35.8 Å². The van der Waals surface area contributed by atoms with Crippen molar-refractivity contribution in [2.45, 2.75) is 63.1 Å². The van der Waals surface area contributed by atoms with E-state index in [0.29, 0.717) is 18.1 Å². The van der Waals surface area contributed by atoms with Crippen LogP contribution in [-0.2, 0) is 5.41 Å². The van der Waals surface area contributed by atoms with Crippen LogP contribution in [0.15, 0.2) is 24.3 Å². The number of anilines is 1. The molecule has 1 aromatic carbocycles. The van der Waals surface area contributed by atoms with E-state index in [0.717, 1.165) is 25.1 Å². The average molecular weight is 313 g/mol. The van der Waals surface area contributed by atoms with E-state index in [4.69, 9.17) is 0 Å². The molecule has 2 fully saturated rings. The highest BCUT2D eigenvalue weighted by atomic mass is 16.2. The fraction of sp³-hybridized carbons (Fsp3) is 0.632. The number of hydrogen-bond acceptors (Lipinski definition) is 2. The molecule has 2 unspecified atom stereocenters. The van der Waals surface area contributed by atoms with Gasteiger partial charge in [0.25, 0.3) is 0 Å². The normalized spacial score (nSPS) is 32.0. The first kappa shape index (κ1) is 15.0. The first-order chi connectivity index (χ1) is 11.0. The van der Waals surface area contributed by atoms with Crippen LogP contribution in [0.4, 0.5) is 10.5 Å². The summed E-state index contributed by atoms with van der Waals surface area (Å²) < 4.78 is 0. The Hall–Kier alpha value is -1.55. The standard InChI is InChI=1S/C19H27N3O/c1-19(2)12-22(17-7-5-4-6-16(17)19)18(23)20-13-10-14-8-9-15(11-13)21(14)3/h4-7,13-15H,8-12H2,1-3H3,(H,20,23). The van der Waals surface area contributed by atoms with Crippen LogP contribution in [0.3, 0.4) is 0 Å². The second-order valence-electron chi connectivity index (χ2n) is 8.16. The summed E-state index contributed by atoms with van der Waals surface area (Å²) in [7, 11) is 2.24. The number of urea groups is 1. The van der Waals surface area contributed by atoms with Crippen molar-refractivity contribution in [3.8, 4) is 0 Å². The molecule has 1 aromatic rings. The molecule has 0 saturated carbocycles. The number of para-hydroxylation sites is 1. The number of nitrogens with one attached hydrogen (secondary N) is 1. The minimum atomic E-state index is 0.0275. The third-order valence-electron chi connectivity index (χ3n) is 6.15. The summed E-state index contributed by atoms with van der Waals surface area (Å²) in [5.41, 5.74) is 2.38. The molecule has 124 valence electrons. The quantitative estimate of drug-likeness (QED) is 0.864. The molecule has 4 heteroatoms. The zero-order valence-corrected chi connectivity index (χ0v) is 14.4. The van der Waals surface area contributed by atoms with Gasteiger partial charge in [0.1, 0.15) is 0 Å². The lowest BCUT2D eigenvalue weighted by Crippen LogP contribution is -2.52. The molecule has 0 aliphatic carbocycles. The summed E-state index contributed by atoms with van der Waals surface area (Å²) in [6, 6.07) is 10.0. The minimum absolute atomic E-state index is 0.0275. The molecule has 0 radical (unpaired) electrons. The number of piperidine rings is 1. The molecule has 4 nitrogen and oxygen atoms in total. The van der Waals surface area contributed by atoms with Gasteiger partial charge < -0.3 is 10.2 Å². The summed E-state index contributed by atoms with van der Waals surface area (Å²) in [5.74, 6) is 0. The topological polar surface area (TPSA) is 35.6 Å². The van der Waals surface area contributed by atoms with Gasteiger partial charge in [-0.25, -0.2) is 4.79 Å². The van der Waals surface area contributed by atoms with E-state index >= 15 is 0 Å². The van der Waals surface area contributed by atoms with Crippen LogP contribution in [0.25, 0.3) is 0 Å². The Morgan fingerprint density at radius 3 is 2.52 bits per heavy atom. The van der Waals surface area contributed by atoms with Gasteiger partial charge >= 0.3 is 6.03 Å². The van der Waals surface area contributed by atoms with Crippen LogP contribution in [-0.4, -0.2) is 42.6 Å². The maximum absolute atomic E-state index is 12.9. The number of carbonyl (C=O) groups is 1. The molecule has 3 heterocycles. The molecule has 0 spiro atoms. The Kier molecular flexibility index (Phi) is 3.41. The van der Waals surface area contributed by atoms with E-state index in [2.05, 4.69) is 49.3 Å². The smallest absolute Gasteiger partial charge is 0.322 e. The fourth-order valence-corrected chi connectivity index (χ4v) is 4.81. The second-order valence-corrected chi connectivity index (χ2v) is 8.16. The number of fused-ring (bicyclic) bond motifs is 3. The zero-order valence-electron chi connectivity index (χ0n) is 14.4. The van der Waals surface area contributed by atoms with Gasteiger partial charge in [-0.2, -0.15) is 0 Å². The predicted octanol–water partition coefficient (Wildman–Crippen LogP) is 3.12.